The van der Waals surface area contributed by atoms with Crippen molar-refractivity contribution >= 4 is 5.71 Å². The number of nitrogens with one attached hydrogen (secondary N) is 1. The second kappa shape index (κ2) is 4.74. The number of nitrogens with zero attached hydrogens (tertiary/aromatic N) is 1. The lowest BCUT2D eigenvalue weighted by Crippen LogP contribution is -2.24. The molecule has 1 N–H and O–H groups in total. The van der Waals surface area contributed by atoms with Crippen molar-refractivity contribution in [1.29, 1.82) is 5.41 Å². The highest BCUT2D eigenvalue weighted by Gasteiger charge is 2.25. The highest BCUT2D eigenvalue weighted by atomic mass is 16.5. The average Bonchev–Trinajstić information content (AvgIpc) is 2.29. The molecule has 0 aliphatic carbocycles. The quantitative estimate of drug-likeness (QED) is 0.776. The fourth-order valence-electron chi connectivity index (χ4n) is 2.19. The van der Waals surface area contributed by atoms with E-state index in [0.29, 0.717) is 5.92 Å². The third-order valence-corrected chi connectivity index (χ3v) is 3.19. The normalized spacial score (nSPS) is 25.4. The van der Waals surface area contributed by atoms with E-state index in [4.69, 9.17) is 10.1 Å². The first-order valence-electron chi connectivity index (χ1n) is 5.76. The van der Waals surface area contributed by atoms with Gasteiger partial charge in [0.1, 0.15) is 0 Å². The van der Waals surface area contributed by atoms with Crippen molar-refractivity contribution in [3.8, 4) is 0 Å². The standard InChI is InChI=1S/C13H18N2O/c1-9-7-12(3-5-15-9)13-8-11(10(2)14)4-6-16-13/h3,5,7,11,13-14H,4,6,8H2,1-2H3/t11-,13+/m1/s1. The lowest BCUT2D eigenvalue weighted by atomic mass is 9.89. The van der Waals surface area contributed by atoms with Crippen molar-refractivity contribution < 1.29 is 4.74 Å². The molecule has 3 nitrogen and oxygen atoms in total. The van der Waals surface area contributed by atoms with Crippen LogP contribution < -0.4 is 0 Å². The number of rotatable bonds is 2. The molecule has 16 heavy (non-hydrogen) atoms. The largest absolute Gasteiger partial charge is 0.373 e. The Morgan fingerprint density at radius 1 is 1.56 bits per heavy atom. The van der Waals surface area contributed by atoms with Crippen molar-refractivity contribution in [2.75, 3.05) is 6.61 Å². The van der Waals surface area contributed by atoms with Crippen LogP contribution in [-0.2, 0) is 4.74 Å². The summed E-state index contributed by atoms with van der Waals surface area (Å²) in [7, 11) is 0. The predicted octanol–water partition coefficient (Wildman–Crippen LogP) is 2.90. The van der Waals surface area contributed by atoms with Crippen molar-refractivity contribution in [1.82, 2.24) is 4.98 Å². The Hall–Kier alpha value is -1.22. The summed E-state index contributed by atoms with van der Waals surface area (Å²) in [5.41, 5.74) is 2.99. The van der Waals surface area contributed by atoms with Crippen LogP contribution in [0, 0.1) is 18.3 Å². The van der Waals surface area contributed by atoms with E-state index in [1.165, 1.54) is 5.56 Å². The van der Waals surface area contributed by atoms with Gasteiger partial charge in [-0.15, -0.1) is 0 Å². The number of pyridine rings is 1. The molecular formula is C13H18N2O. The molecule has 3 heteroatoms. The zero-order valence-electron chi connectivity index (χ0n) is 9.86. The molecule has 1 aromatic heterocycles. The highest BCUT2D eigenvalue weighted by Crippen LogP contribution is 2.32. The van der Waals surface area contributed by atoms with Gasteiger partial charge >= 0.3 is 0 Å². The molecule has 2 rings (SSSR count). The van der Waals surface area contributed by atoms with E-state index in [1.54, 1.807) is 0 Å². The molecule has 0 aromatic carbocycles. The number of aryl methyl sites for hydroxylation is 1. The van der Waals surface area contributed by atoms with Crippen LogP contribution in [0.2, 0.25) is 0 Å². The van der Waals surface area contributed by atoms with Crippen LogP contribution in [0.3, 0.4) is 0 Å². The molecule has 0 bridgehead atoms. The summed E-state index contributed by atoms with van der Waals surface area (Å²) in [6, 6.07) is 4.09. The maximum absolute atomic E-state index is 7.72. The van der Waals surface area contributed by atoms with Gasteiger partial charge in [0.05, 0.1) is 6.10 Å². The predicted molar refractivity (Wildman–Crippen MR) is 63.8 cm³/mol. The van der Waals surface area contributed by atoms with Gasteiger partial charge in [-0.3, -0.25) is 4.98 Å². The maximum atomic E-state index is 7.72. The van der Waals surface area contributed by atoms with Gasteiger partial charge < -0.3 is 10.1 Å². The summed E-state index contributed by atoms with van der Waals surface area (Å²) in [6.07, 6.45) is 3.88. The van der Waals surface area contributed by atoms with Gasteiger partial charge in [-0.05, 0) is 44.4 Å². The van der Waals surface area contributed by atoms with E-state index in [0.717, 1.165) is 30.9 Å². The Balaban J connectivity index is 2.12. The molecule has 1 aliphatic rings. The van der Waals surface area contributed by atoms with Gasteiger partial charge in [0.15, 0.2) is 0 Å². The first-order valence-corrected chi connectivity index (χ1v) is 5.76. The Morgan fingerprint density at radius 2 is 2.38 bits per heavy atom. The van der Waals surface area contributed by atoms with Crippen LogP contribution in [0.5, 0.6) is 0 Å². The smallest absolute Gasteiger partial charge is 0.0832 e. The first-order chi connectivity index (χ1) is 7.66. The van der Waals surface area contributed by atoms with E-state index >= 15 is 0 Å². The summed E-state index contributed by atoms with van der Waals surface area (Å²) in [5, 5.41) is 7.72. The maximum Gasteiger partial charge on any atom is 0.0832 e. The van der Waals surface area contributed by atoms with Crippen molar-refractivity contribution in [3.63, 3.8) is 0 Å². The van der Waals surface area contributed by atoms with Gasteiger partial charge in [-0.2, -0.15) is 0 Å². The summed E-state index contributed by atoms with van der Waals surface area (Å²) in [6.45, 7) is 4.64. The zero-order valence-corrected chi connectivity index (χ0v) is 9.86. The van der Waals surface area contributed by atoms with E-state index in [2.05, 4.69) is 11.1 Å². The summed E-state index contributed by atoms with van der Waals surface area (Å²) in [4.78, 5) is 4.19. The van der Waals surface area contributed by atoms with Gasteiger partial charge in [0, 0.05) is 30.1 Å². The lowest BCUT2D eigenvalue weighted by molar-refractivity contribution is 0.00256. The minimum Gasteiger partial charge on any atom is -0.373 e. The molecule has 0 spiro atoms. The summed E-state index contributed by atoms with van der Waals surface area (Å²) >= 11 is 0. The van der Waals surface area contributed by atoms with Crippen molar-refractivity contribution in [2.24, 2.45) is 5.92 Å². The third-order valence-electron chi connectivity index (χ3n) is 3.19. The topological polar surface area (TPSA) is 46.0 Å². The first kappa shape index (κ1) is 11.3. The average molecular weight is 218 g/mol. The summed E-state index contributed by atoms with van der Waals surface area (Å²) < 4.78 is 5.77. The van der Waals surface area contributed by atoms with Crippen LogP contribution >= 0.6 is 0 Å². The molecule has 1 fully saturated rings. The Bertz CT molecular complexity index is 389. The molecule has 0 radical (unpaired) electrons. The van der Waals surface area contributed by atoms with Crippen LogP contribution in [0.4, 0.5) is 0 Å². The van der Waals surface area contributed by atoms with Crippen LogP contribution in [-0.4, -0.2) is 17.3 Å². The number of hydrogen-bond acceptors (Lipinski definition) is 3. The summed E-state index contributed by atoms with van der Waals surface area (Å²) in [5.74, 6) is 0.382. The van der Waals surface area contributed by atoms with Gasteiger partial charge in [-0.1, -0.05) is 0 Å². The SMILES string of the molecule is CC(=N)[C@@H]1CCO[C@H](c2ccnc(C)c2)C1. The van der Waals surface area contributed by atoms with Gasteiger partial charge in [-0.25, -0.2) is 0 Å². The Labute approximate surface area is 96.4 Å². The third kappa shape index (κ3) is 2.47. The second-order valence-corrected chi connectivity index (χ2v) is 4.49. The molecule has 0 amide bonds. The number of aromatic nitrogens is 1. The van der Waals surface area contributed by atoms with Crippen molar-refractivity contribution in [3.05, 3.63) is 29.6 Å². The van der Waals surface area contributed by atoms with Gasteiger partial charge in [0.25, 0.3) is 0 Å². The van der Waals surface area contributed by atoms with Crippen molar-refractivity contribution in [2.45, 2.75) is 32.8 Å². The molecule has 0 saturated carbocycles. The van der Waals surface area contributed by atoms with E-state index in [9.17, 15) is 0 Å². The molecule has 1 aliphatic heterocycles. The van der Waals surface area contributed by atoms with E-state index < -0.39 is 0 Å². The minimum atomic E-state index is 0.140. The lowest BCUT2D eigenvalue weighted by Gasteiger charge is -2.29. The van der Waals surface area contributed by atoms with Crippen LogP contribution in [0.25, 0.3) is 0 Å². The monoisotopic (exact) mass is 218 g/mol. The highest BCUT2D eigenvalue weighted by molar-refractivity contribution is 5.81. The number of ether oxygens (including phenoxy) is 1. The number of hydrogen-bond donors (Lipinski definition) is 1. The minimum absolute atomic E-state index is 0.140. The Morgan fingerprint density at radius 3 is 3.06 bits per heavy atom. The fraction of sp³-hybridized carbons (Fsp3) is 0.538. The zero-order chi connectivity index (χ0) is 11.5. The fourth-order valence-corrected chi connectivity index (χ4v) is 2.19. The van der Waals surface area contributed by atoms with E-state index in [1.807, 2.05) is 26.1 Å². The van der Waals surface area contributed by atoms with Crippen LogP contribution in [0.15, 0.2) is 18.3 Å². The molecule has 1 aromatic rings. The van der Waals surface area contributed by atoms with Gasteiger partial charge in [0.2, 0.25) is 0 Å². The molecule has 86 valence electrons. The van der Waals surface area contributed by atoms with Crippen LogP contribution in [0.1, 0.15) is 37.1 Å². The molecule has 2 heterocycles. The molecule has 0 unspecified atom stereocenters. The van der Waals surface area contributed by atoms with E-state index in [-0.39, 0.29) is 6.10 Å². The molecule has 1 saturated heterocycles. The second-order valence-electron chi connectivity index (χ2n) is 4.49. The molecular weight excluding hydrogens is 200 g/mol. The Kier molecular flexibility index (Phi) is 3.34. The molecule has 2 atom stereocenters.